The van der Waals surface area contributed by atoms with Crippen molar-refractivity contribution in [2.24, 2.45) is 0 Å². The lowest BCUT2D eigenvalue weighted by Gasteiger charge is -2.31. The molecule has 1 atom stereocenters. The van der Waals surface area contributed by atoms with Gasteiger partial charge in [-0.3, -0.25) is 4.90 Å². The number of hydrogen-bond donors (Lipinski definition) is 0. The fourth-order valence-electron chi connectivity index (χ4n) is 3.96. The average Bonchev–Trinajstić information content (AvgIpc) is 2.92. The topological polar surface area (TPSA) is 3.24 Å². The van der Waals surface area contributed by atoms with Gasteiger partial charge in [0.15, 0.2) is 0 Å². The molecule has 2 aromatic rings. The Morgan fingerprint density at radius 1 is 0.955 bits per heavy atom. The molecule has 1 heteroatoms. The van der Waals surface area contributed by atoms with Crippen LogP contribution in [0.2, 0.25) is 0 Å². The lowest BCUT2D eigenvalue weighted by atomic mass is 9.73. The van der Waals surface area contributed by atoms with E-state index in [-0.39, 0.29) is 5.41 Å². The largest absolute Gasteiger partial charge is 0.299 e. The Kier molecular flexibility index (Phi) is 4.63. The molecule has 3 rings (SSSR count). The summed E-state index contributed by atoms with van der Waals surface area (Å²) in [6.07, 6.45) is 3.78. The van der Waals surface area contributed by atoms with E-state index >= 15 is 0 Å². The predicted octanol–water partition coefficient (Wildman–Crippen LogP) is 4.87. The summed E-state index contributed by atoms with van der Waals surface area (Å²) < 4.78 is 0. The van der Waals surface area contributed by atoms with Crippen LogP contribution in [0, 0.1) is 0 Å². The summed E-state index contributed by atoms with van der Waals surface area (Å²) >= 11 is 0. The van der Waals surface area contributed by atoms with Crippen LogP contribution in [0.1, 0.15) is 44.2 Å². The third kappa shape index (κ3) is 2.83. The first-order chi connectivity index (χ1) is 10.8. The van der Waals surface area contributed by atoms with Gasteiger partial charge in [-0.1, -0.05) is 74.0 Å². The highest BCUT2D eigenvalue weighted by atomic mass is 15.2. The molecule has 0 bridgehead atoms. The van der Waals surface area contributed by atoms with Gasteiger partial charge in [0.1, 0.15) is 0 Å². The Morgan fingerprint density at radius 2 is 1.50 bits per heavy atom. The van der Waals surface area contributed by atoms with Crippen LogP contribution in [-0.4, -0.2) is 24.0 Å². The van der Waals surface area contributed by atoms with Gasteiger partial charge < -0.3 is 0 Å². The Morgan fingerprint density at radius 3 is 2.00 bits per heavy atom. The molecule has 1 saturated heterocycles. The molecule has 0 radical (unpaired) electrons. The maximum absolute atomic E-state index is 2.68. The second-order valence-corrected chi connectivity index (χ2v) is 6.69. The Hall–Kier alpha value is -1.60. The maximum atomic E-state index is 2.68. The number of likely N-dealkylation sites (tertiary alicyclic amines) is 1. The SMILES string of the molecule is CCCCN1CC(c2ccccc2)(c2ccccc2)CC1C. The fourth-order valence-corrected chi connectivity index (χ4v) is 3.96. The zero-order valence-electron chi connectivity index (χ0n) is 13.8. The van der Waals surface area contributed by atoms with Gasteiger partial charge in [0.25, 0.3) is 0 Å². The van der Waals surface area contributed by atoms with E-state index in [4.69, 9.17) is 0 Å². The summed E-state index contributed by atoms with van der Waals surface area (Å²) in [6.45, 7) is 7.03. The van der Waals surface area contributed by atoms with E-state index < -0.39 is 0 Å². The molecule has 0 amide bonds. The molecule has 0 saturated carbocycles. The van der Waals surface area contributed by atoms with Crippen molar-refractivity contribution in [3.8, 4) is 0 Å². The molecule has 0 aromatic heterocycles. The van der Waals surface area contributed by atoms with Crippen LogP contribution in [0.25, 0.3) is 0 Å². The summed E-state index contributed by atoms with van der Waals surface area (Å²) in [5, 5.41) is 0. The zero-order chi connectivity index (χ0) is 15.4. The standard InChI is InChI=1S/C21H27N/c1-3-4-15-22-17-21(16-18(22)2,19-11-7-5-8-12-19)20-13-9-6-10-14-20/h5-14,18H,3-4,15-17H2,1-2H3. The molecule has 1 aliphatic rings. The van der Waals surface area contributed by atoms with Crippen molar-refractivity contribution in [3.63, 3.8) is 0 Å². The molecule has 1 unspecified atom stereocenters. The van der Waals surface area contributed by atoms with Gasteiger partial charge in [0, 0.05) is 18.0 Å². The van der Waals surface area contributed by atoms with Gasteiger partial charge in [-0.05, 0) is 37.4 Å². The Balaban J connectivity index is 1.99. The number of rotatable bonds is 5. The molecule has 0 spiro atoms. The summed E-state index contributed by atoms with van der Waals surface area (Å²) in [4.78, 5) is 2.68. The monoisotopic (exact) mass is 293 g/mol. The molecular weight excluding hydrogens is 266 g/mol. The van der Waals surface area contributed by atoms with E-state index in [9.17, 15) is 0 Å². The van der Waals surface area contributed by atoms with Crippen molar-refractivity contribution in [2.75, 3.05) is 13.1 Å². The molecule has 0 aliphatic carbocycles. The van der Waals surface area contributed by atoms with Gasteiger partial charge in [-0.2, -0.15) is 0 Å². The zero-order valence-corrected chi connectivity index (χ0v) is 13.8. The minimum Gasteiger partial charge on any atom is -0.299 e. The van der Waals surface area contributed by atoms with E-state index in [0.29, 0.717) is 6.04 Å². The lowest BCUT2D eigenvalue weighted by molar-refractivity contribution is 0.259. The first-order valence-corrected chi connectivity index (χ1v) is 8.61. The quantitative estimate of drug-likeness (QED) is 0.760. The summed E-state index contributed by atoms with van der Waals surface area (Å²) in [6, 6.07) is 22.8. The summed E-state index contributed by atoms with van der Waals surface area (Å²) in [5.41, 5.74) is 3.08. The van der Waals surface area contributed by atoms with Gasteiger partial charge in [-0.25, -0.2) is 0 Å². The Labute approximate surface area is 135 Å². The summed E-state index contributed by atoms with van der Waals surface area (Å²) in [5.74, 6) is 0. The van der Waals surface area contributed by atoms with Crippen LogP contribution < -0.4 is 0 Å². The van der Waals surface area contributed by atoms with Crippen molar-refractivity contribution in [2.45, 2.75) is 44.6 Å². The first-order valence-electron chi connectivity index (χ1n) is 8.61. The van der Waals surface area contributed by atoms with Crippen LogP contribution in [-0.2, 0) is 5.41 Å². The van der Waals surface area contributed by atoms with Crippen molar-refractivity contribution < 1.29 is 0 Å². The smallest absolute Gasteiger partial charge is 0.0344 e. The van der Waals surface area contributed by atoms with Gasteiger partial charge in [0.2, 0.25) is 0 Å². The number of nitrogens with zero attached hydrogens (tertiary/aromatic N) is 1. The molecule has 1 heterocycles. The van der Waals surface area contributed by atoms with Crippen LogP contribution in [0.3, 0.4) is 0 Å². The van der Waals surface area contributed by atoms with Crippen LogP contribution in [0.4, 0.5) is 0 Å². The third-order valence-electron chi connectivity index (χ3n) is 5.19. The van der Waals surface area contributed by atoms with E-state index in [1.54, 1.807) is 0 Å². The third-order valence-corrected chi connectivity index (χ3v) is 5.19. The molecule has 22 heavy (non-hydrogen) atoms. The van der Waals surface area contributed by atoms with Gasteiger partial charge in [-0.15, -0.1) is 0 Å². The number of hydrogen-bond acceptors (Lipinski definition) is 1. The second kappa shape index (κ2) is 6.66. The molecule has 116 valence electrons. The minimum absolute atomic E-state index is 0.148. The first kappa shape index (κ1) is 15.3. The fraction of sp³-hybridized carbons (Fsp3) is 0.429. The van der Waals surface area contributed by atoms with E-state index in [2.05, 4.69) is 79.4 Å². The molecule has 1 aliphatic heterocycles. The van der Waals surface area contributed by atoms with E-state index in [1.807, 2.05) is 0 Å². The normalized spacial score (nSPS) is 21.1. The molecule has 1 nitrogen and oxygen atoms in total. The highest BCUT2D eigenvalue weighted by molar-refractivity contribution is 5.41. The van der Waals surface area contributed by atoms with Crippen molar-refractivity contribution in [1.29, 1.82) is 0 Å². The molecule has 1 fully saturated rings. The van der Waals surface area contributed by atoms with Crippen molar-refractivity contribution >= 4 is 0 Å². The molecule has 0 N–H and O–H groups in total. The van der Waals surface area contributed by atoms with Crippen LogP contribution in [0.15, 0.2) is 60.7 Å². The van der Waals surface area contributed by atoms with Gasteiger partial charge >= 0.3 is 0 Å². The maximum Gasteiger partial charge on any atom is 0.0344 e. The number of benzene rings is 2. The van der Waals surface area contributed by atoms with E-state index in [0.717, 1.165) is 6.54 Å². The number of unbranched alkanes of at least 4 members (excludes halogenated alkanes) is 1. The van der Waals surface area contributed by atoms with Gasteiger partial charge in [0.05, 0.1) is 0 Å². The average molecular weight is 293 g/mol. The van der Waals surface area contributed by atoms with Crippen LogP contribution >= 0.6 is 0 Å². The highest BCUT2D eigenvalue weighted by Gasteiger charge is 2.44. The summed E-state index contributed by atoms with van der Waals surface area (Å²) in [7, 11) is 0. The minimum atomic E-state index is 0.148. The lowest BCUT2D eigenvalue weighted by Crippen LogP contribution is -2.33. The van der Waals surface area contributed by atoms with Crippen LogP contribution in [0.5, 0.6) is 0 Å². The van der Waals surface area contributed by atoms with E-state index in [1.165, 1.54) is 36.9 Å². The predicted molar refractivity (Wildman–Crippen MR) is 94.2 cm³/mol. The Bertz CT molecular complexity index is 536. The van der Waals surface area contributed by atoms with Crippen molar-refractivity contribution in [3.05, 3.63) is 71.8 Å². The molecular formula is C21H27N. The highest BCUT2D eigenvalue weighted by Crippen LogP contribution is 2.43. The molecule has 2 aromatic carbocycles. The van der Waals surface area contributed by atoms with Crippen molar-refractivity contribution in [1.82, 2.24) is 4.90 Å². The second-order valence-electron chi connectivity index (χ2n) is 6.69.